The van der Waals surface area contributed by atoms with Crippen molar-refractivity contribution in [3.8, 4) is 0 Å². The minimum Gasteiger partial charge on any atom is -0.462 e. The van der Waals surface area contributed by atoms with Crippen LogP contribution in [0.1, 0.15) is 439 Å². The maximum absolute atomic E-state index is 13.1. The van der Waals surface area contributed by atoms with E-state index in [1.807, 2.05) is 0 Å². The lowest BCUT2D eigenvalue weighted by molar-refractivity contribution is -0.161. The minimum absolute atomic E-state index is 0.107. The molecule has 0 radical (unpaired) electrons. The number of aliphatic hydroxyl groups is 1. The molecule has 0 aliphatic rings. The second-order valence-electron chi connectivity index (χ2n) is 29.2. The Kier molecular flexibility index (Phi) is 73.8. The number of esters is 4. The van der Waals surface area contributed by atoms with Crippen molar-refractivity contribution in [2.45, 2.75) is 457 Å². The highest BCUT2D eigenvalue weighted by molar-refractivity contribution is 7.47. The van der Waals surface area contributed by atoms with Crippen molar-refractivity contribution in [3.05, 3.63) is 0 Å². The lowest BCUT2D eigenvalue weighted by atomic mass is 10.0. The Balaban J connectivity index is 5.16. The van der Waals surface area contributed by atoms with Crippen LogP contribution in [0, 0.1) is 0 Å². The summed E-state index contributed by atoms with van der Waals surface area (Å²) in [5.74, 6) is -2.11. The Bertz CT molecular complexity index is 1890. The van der Waals surface area contributed by atoms with Gasteiger partial charge in [0.1, 0.15) is 19.3 Å². The van der Waals surface area contributed by atoms with Gasteiger partial charge in [-0.2, -0.15) is 0 Å². The number of hydrogen-bond donors (Lipinski definition) is 3. The summed E-state index contributed by atoms with van der Waals surface area (Å²) in [6.07, 6.45) is 68.3. The molecular formula is C81H158O17P2. The van der Waals surface area contributed by atoms with Crippen LogP contribution in [-0.2, 0) is 65.4 Å². The van der Waals surface area contributed by atoms with Gasteiger partial charge in [0.15, 0.2) is 12.2 Å². The molecule has 0 bridgehead atoms. The first kappa shape index (κ1) is 98.1. The molecular weight excluding hydrogens is 1310 g/mol. The van der Waals surface area contributed by atoms with Crippen LogP contribution in [0.2, 0.25) is 0 Å². The van der Waals surface area contributed by atoms with Gasteiger partial charge in [0.2, 0.25) is 0 Å². The number of rotatable bonds is 82. The molecule has 0 aliphatic heterocycles. The molecule has 5 atom stereocenters. The fourth-order valence-corrected chi connectivity index (χ4v) is 14.2. The number of unbranched alkanes of at least 4 members (excludes halogenated alkanes) is 56. The molecule has 19 heteroatoms. The Hall–Kier alpha value is -1.94. The van der Waals surface area contributed by atoms with E-state index in [1.54, 1.807) is 0 Å². The van der Waals surface area contributed by atoms with Gasteiger partial charge in [-0.25, -0.2) is 9.13 Å². The number of aliphatic hydroxyl groups excluding tert-OH is 1. The maximum Gasteiger partial charge on any atom is 0.472 e. The summed E-state index contributed by atoms with van der Waals surface area (Å²) in [4.78, 5) is 72.8. The predicted octanol–water partition coefficient (Wildman–Crippen LogP) is 24.6. The first-order valence-corrected chi connectivity index (χ1v) is 45.3. The first-order valence-electron chi connectivity index (χ1n) is 42.3. The third kappa shape index (κ3) is 74.3. The summed E-state index contributed by atoms with van der Waals surface area (Å²) in [7, 11) is -9.91. The van der Waals surface area contributed by atoms with E-state index in [0.717, 1.165) is 89.9 Å². The Morgan fingerprint density at radius 3 is 0.590 bits per heavy atom. The smallest absolute Gasteiger partial charge is 0.462 e. The van der Waals surface area contributed by atoms with Crippen LogP contribution in [0.4, 0.5) is 0 Å². The van der Waals surface area contributed by atoms with Crippen molar-refractivity contribution in [3.63, 3.8) is 0 Å². The molecule has 17 nitrogen and oxygen atoms in total. The molecule has 0 fully saturated rings. The second-order valence-corrected chi connectivity index (χ2v) is 32.1. The minimum atomic E-state index is -4.96. The standard InChI is InChI=1S/C81H158O17P2/c1-5-9-13-17-21-25-28-30-32-34-36-38-40-42-44-46-49-52-56-60-64-68-81(86)98-77(72-92-79(84)66-62-58-54-50-48-45-43-41-39-37-35-33-31-29-26-22-18-14-10-6-2)74-96-100(89,90)94-70-75(82)69-93-99(87,88)95-73-76(71-91-78(83)65-61-57-53-24-20-16-12-8-4)97-80(85)67-63-59-55-51-47-27-23-19-15-11-7-3/h75-77,82H,5-74H2,1-4H3,(H,87,88)(H,89,90)/t75-,76+,77+/m0/s1. The van der Waals surface area contributed by atoms with Gasteiger partial charge in [0.25, 0.3) is 0 Å². The van der Waals surface area contributed by atoms with E-state index >= 15 is 0 Å². The molecule has 0 aromatic heterocycles. The molecule has 0 saturated heterocycles. The van der Waals surface area contributed by atoms with E-state index in [4.69, 9.17) is 37.0 Å². The fourth-order valence-electron chi connectivity index (χ4n) is 12.6. The molecule has 0 heterocycles. The quantitative estimate of drug-likeness (QED) is 0.0222. The van der Waals surface area contributed by atoms with E-state index in [0.29, 0.717) is 25.7 Å². The molecule has 2 unspecified atom stereocenters. The van der Waals surface area contributed by atoms with Crippen molar-refractivity contribution in [1.82, 2.24) is 0 Å². The van der Waals surface area contributed by atoms with E-state index in [9.17, 15) is 43.2 Å². The van der Waals surface area contributed by atoms with E-state index in [2.05, 4.69) is 27.7 Å². The van der Waals surface area contributed by atoms with Crippen molar-refractivity contribution < 1.29 is 80.2 Å². The van der Waals surface area contributed by atoms with Crippen molar-refractivity contribution >= 4 is 39.5 Å². The molecule has 0 aromatic carbocycles. The molecule has 0 aromatic rings. The summed E-state index contributed by atoms with van der Waals surface area (Å²) in [5.41, 5.74) is 0. The molecule has 0 aliphatic carbocycles. The topological polar surface area (TPSA) is 237 Å². The molecule has 0 saturated carbocycles. The summed E-state index contributed by atoms with van der Waals surface area (Å²) in [5, 5.41) is 10.6. The average molecular weight is 1470 g/mol. The van der Waals surface area contributed by atoms with Crippen LogP contribution in [-0.4, -0.2) is 96.7 Å². The lowest BCUT2D eigenvalue weighted by Crippen LogP contribution is -2.30. The molecule has 0 rings (SSSR count). The van der Waals surface area contributed by atoms with Gasteiger partial charge in [0, 0.05) is 25.7 Å². The van der Waals surface area contributed by atoms with Crippen molar-refractivity contribution in [2.75, 3.05) is 39.6 Å². The SMILES string of the molecule is CCCCCCCCCCCCCCCCCCCCCCCC(=O)O[C@H](COC(=O)CCCCCCCCCCCCCCCCCCCCCC)COP(=O)(O)OC[C@@H](O)COP(=O)(O)OC[C@@H](COC(=O)CCCCCCCCCC)OC(=O)CCCCCCCCCCCCC. The predicted molar refractivity (Wildman–Crippen MR) is 409 cm³/mol. The highest BCUT2D eigenvalue weighted by atomic mass is 31.2. The van der Waals surface area contributed by atoms with E-state index in [1.165, 1.54) is 270 Å². The summed E-state index contributed by atoms with van der Waals surface area (Å²) >= 11 is 0. The van der Waals surface area contributed by atoms with Crippen molar-refractivity contribution in [2.24, 2.45) is 0 Å². The highest BCUT2D eigenvalue weighted by Crippen LogP contribution is 2.45. The zero-order valence-corrected chi connectivity index (χ0v) is 67.0. The highest BCUT2D eigenvalue weighted by Gasteiger charge is 2.30. The second kappa shape index (κ2) is 75.3. The lowest BCUT2D eigenvalue weighted by Gasteiger charge is -2.21. The summed E-state index contributed by atoms with van der Waals surface area (Å²) < 4.78 is 68.6. The van der Waals surface area contributed by atoms with Crippen LogP contribution in [0.25, 0.3) is 0 Å². The number of carbonyl (C=O) groups excluding carboxylic acids is 4. The van der Waals surface area contributed by atoms with Gasteiger partial charge in [-0.05, 0) is 25.7 Å². The van der Waals surface area contributed by atoms with Crippen LogP contribution < -0.4 is 0 Å². The van der Waals surface area contributed by atoms with Gasteiger partial charge < -0.3 is 33.8 Å². The van der Waals surface area contributed by atoms with E-state index < -0.39 is 97.5 Å². The van der Waals surface area contributed by atoms with Gasteiger partial charge >= 0.3 is 39.5 Å². The summed E-state index contributed by atoms with van der Waals surface area (Å²) in [6, 6.07) is 0. The molecule has 0 spiro atoms. The Labute approximate surface area is 613 Å². The summed E-state index contributed by atoms with van der Waals surface area (Å²) in [6.45, 7) is 4.98. The zero-order valence-electron chi connectivity index (χ0n) is 65.2. The van der Waals surface area contributed by atoms with Gasteiger partial charge in [0.05, 0.1) is 26.4 Å². The molecule has 0 amide bonds. The number of phosphoric ester groups is 2. The number of ether oxygens (including phenoxy) is 4. The zero-order chi connectivity index (χ0) is 73.2. The van der Waals surface area contributed by atoms with E-state index in [-0.39, 0.29) is 25.7 Å². The van der Waals surface area contributed by atoms with Gasteiger partial charge in [-0.15, -0.1) is 0 Å². The number of phosphoric acid groups is 2. The van der Waals surface area contributed by atoms with Gasteiger partial charge in [-0.3, -0.25) is 37.3 Å². The van der Waals surface area contributed by atoms with Crippen LogP contribution >= 0.6 is 15.6 Å². The molecule has 594 valence electrons. The number of carbonyl (C=O) groups is 4. The Morgan fingerprint density at radius 2 is 0.400 bits per heavy atom. The Morgan fingerprint density at radius 1 is 0.240 bits per heavy atom. The van der Waals surface area contributed by atoms with Crippen molar-refractivity contribution in [1.29, 1.82) is 0 Å². The van der Waals surface area contributed by atoms with Crippen LogP contribution in [0.15, 0.2) is 0 Å². The molecule has 3 N–H and O–H groups in total. The number of hydrogen-bond acceptors (Lipinski definition) is 15. The maximum atomic E-state index is 13.1. The first-order chi connectivity index (χ1) is 48.7. The van der Waals surface area contributed by atoms with Crippen LogP contribution in [0.3, 0.4) is 0 Å². The fraction of sp³-hybridized carbons (Fsp3) is 0.951. The van der Waals surface area contributed by atoms with Gasteiger partial charge in [-0.1, -0.05) is 387 Å². The van der Waals surface area contributed by atoms with Crippen LogP contribution in [0.5, 0.6) is 0 Å². The molecule has 100 heavy (non-hydrogen) atoms. The average Bonchev–Trinajstić information content (AvgIpc) is 0.918. The normalized spacial score (nSPS) is 13.8. The monoisotopic (exact) mass is 1470 g/mol. The third-order valence-corrected chi connectivity index (χ3v) is 21.0. The largest absolute Gasteiger partial charge is 0.472 e. The third-order valence-electron chi connectivity index (χ3n) is 19.1.